The first-order chi connectivity index (χ1) is 16.4. The highest BCUT2D eigenvalue weighted by Gasteiger charge is 2.24. The van der Waals surface area contributed by atoms with Crippen LogP contribution in [0, 0.1) is 6.92 Å². The van der Waals surface area contributed by atoms with E-state index >= 15 is 0 Å². The third-order valence-corrected chi connectivity index (χ3v) is 7.63. The van der Waals surface area contributed by atoms with Crippen molar-refractivity contribution in [2.75, 3.05) is 18.1 Å². The Morgan fingerprint density at radius 3 is 2.59 bits per heavy atom. The third kappa shape index (κ3) is 4.76. The fourth-order valence-electron chi connectivity index (χ4n) is 4.52. The first-order valence-corrected chi connectivity index (χ1v) is 13.2. The van der Waals surface area contributed by atoms with Gasteiger partial charge in [-0.05, 0) is 71.0 Å². The average molecular weight is 473 g/mol. The molecule has 0 saturated carbocycles. The molecule has 1 N–H and O–H groups in total. The molecule has 0 atom stereocenters. The zero-order valence-corrected chi connectivity index (χ0v) is 20.2. The summed E-state index contributed by atoms with van der Waals surface area (Å²) in [5, 5.41) is 7.86. The summed E-state index contributed by atoms with van der Waals surface area (Å²) in [7, 11) is -3.19. The summed E-state index contributed by atoms with van der Waals surface area (Å²) in [6, 6.07) is 23.0. The van der Waals surface area contributed by atoms with Crippen LogP contribution in [0.4, 0.5) is 11.4 Å². The van der Waals surface area contributed by atoms with Crippen LogP contribution >= 0.6 is 0 Å². The molecule has 174 valence electrons. The van der Waals surface area contributed by atoms with Crippen LogP contribution in [0.15, 0.2) is 79.1 Å². The van der Waals surface area contributed by atoms with E-state index < -0.39 is 10.0 Å². The summed E-state index contributed by atoms with van der Waals surface area (Å²) in [5.74, 6) is 0. The number of rotatable bonds is 6. The smallest absolute Gasteiger partial charge is 0.211 e. The molecule has 0 bridgehead atoms. The first kappa shape index (κ1) is 22.4. The molecular weight excluding hydrogens is 444 g/mol. The van der Waals surface area contributed by atoms with Crippen molar-refractivity contribution in [2.45, 2.75) is 26.4 Å². The van der Waals surface area contributed by atoms with Crippen molar-refractivity contribution in [3.05, 3.63) is 101 Å². The van der Waals surface area contributed by atoms with Crippen LogP contribution in [0.3, 0.4) is 0 Å². The van der Waals surface area contributed by atoms with Gasteiger partial charge in [0, 0.05) is 36.9 Å². The van der Waals surface area contributed by atoms with Gasteiger partial charge in [-0.1, -0.05) is 42.5 Å². The van der Waals surface area contributed by atoms with Crippen molar-refractivity contribution >= 4 is 21.4 Å². The topological polar surface area (TPSA) is 67.2 Å². The highest BCUT2D eigenvalue weighted by atomic mass is 32.2. The van der Waals surface area contributed by atoms with Crippen molar-refractivity contribution in [1.29, 1.82) is 0 Å². The number of hydrogen-bond donors (Lipinski definition) is 1. The summed E-state index contributed by atoms with van der Waals surface area (Å²) in [6.07, 6.45) is 5.73. The second kappa shape index (κ2) is 9.08. The van der Waals surface area contributed by atoms with Crippen LogP contribution in [0.1, 0.15) is 22.3 Å². The van der Waals surface area contributed by atoms with Crippen molar-refractivity contribution in [3.63, 3.8) is 0 Å². The number of aromatic nitrogens is 2. The number of benzene rings is 3. The van der Waals surface area contributed by atoms with Gasteiger partial charge in [-0.15, -0.1) is 0 Å². The maximum atomic E-state index is 12.0. The van der Waals surface area contributed by atoms with E-state index in [1.165, 1.54) is 34.1 Å². The Morgan fingerprint density at radius 1 is 1.03 bits per heavy atom. The number of nitrogens with one attached hydrogen (secondary N) is 1. The first-order valence-electron chi connectivity index (χ1n) is 11.4. The van der Waals surface area contributed by atoms with Crippen LogP contribution < -0.4 is 5.32 Å². The summed E-state index contributed by atoms with van der Waals surface area (Å²) in [4.78, 5) is 0. The van der Waals surface area contributed by atoms with Crippen molar-refractivity contribution < 1.29 is 8.42 Å². The molecule has 1 aliphatic heterocycles. The van der Waals surface area contributed by atoms with Crippen LogP contribution in [0.25, 0.3) is 11.1 Å². The molecule has 1 aliphatic rings. The normalized spacial score (nSPS) is 14.1. The second-order valence-corrected chi connectivity index (χ2v) is 10.8. The molecular formula is C27H28N4O2S. The molecule has 0 fully saturated rings. The van der Waals surface area contributed by atoms with E-state index in [1.807, 2.05) is 29.1 Å². The van der Waals surface area contributed by atoms with Gasteiger partial charge in [0.2, 0.25) is 10.0 Å². The molecule has 0 unspecified atom stereocenters. The molecule has 0 amide bonds. The number of anilines is 2. The Bertz CT molecular complexity index is 1410. The zero-order chi connectivity index (χ0) is 23.7. The second-order valence-electron chi connectivity index (χ2n) is 8.85. The Kier molecular flexibility index (Phi) is 5.98. The number of nitrogens with zero attached hydrogens (tertiary/aromatic N) is 3. The minimum atomic E-state index is -3.19. The maximum Gasteiger partial charge on any atom is 0.211 e. The number of sulfonamides is 1. The molecule has 5 rings (SSSR count). The van der Waals surface area contributed by atoms with Crippen LogP contribution in [0.2, 0.25) is 0 Å². The van der Waals surface area contributed by atoms with Gasteiger partial charge in [-0.2, -0.15) is 9.40 Å². The van der Waals surface area contributed by atoms with Crippen molar-refractivity contribution in [1.82, 2.24) is 14.1 Å². The predicted octanol–water partition coefficient (Wildman–Crippen LogP) is 4.97. The molecule has 0 saturated heterocycles. The lowest BCUT2D eigenvalue weighted by molar-refractivity contribution is 0.395. The van der Waals surface area contributed by atoms with Crippen molar-refractivity contribution in [3.8, 4) is 11.1 Å². The SMILES string of the molecule is Cc1ccc(Nc2cccc3c2CCN(S(C)(=O)=O)C3)cc1-c1ccc(Cn2cccn2)cc1. The monoisotopic (exact) mass is 472 g/mol. The fourth-order valence-corrected chi connectivity index (χ4v) is 5.32. The minimum absolute atomic E-state index is 0.424. The lowest BCUT2D eigenvalue weighted by atomic mass is 9.97. The third-order valence-electron chi connectivity index (χ3n) is 6.39. The van der Waals surface area contributed by atoms with Gasteiger partial charge in [-0.25, -0.2) is 8.42 Å². The van der Waals surface area contributed by atoms with Gasteiger partial charge >= 0.3 is 0 Å². The van der Waals surface area contributed by atoms with Crippen LogP contribution in [-0.2, 0) is 29.5 Å². The van der Waals surface area contributed by atoms with E-state index in [4.69, 9.17) is 0 Å². The lowest BCUT2D eigenvalue weighted by Crippen LogP contribution is -2.35. The van der Waals surface area contributed by atoms with Gasteiger partial charge < -0.3 is 5.32 Å². The van der Waals surface area contributed by atoms with E-state index in [0.717, 1.165) is 23.5 Å². The zero-order valence-electron chi connectivity index (χ0n) is 19.4. The molecule has 1 aromatic heterocycles. The van der Waals surface area contributed by atoms with Crippen LogP contribution in [-0.4, -0.2) is 35.3 Å². The van der Waals surface area contributed by atoms with Gasteiger partial charge in [0.1, 0.15) is 0 Å². The summed E-state index contributed by atoms with van der Waals surface area (Å²) < 4.78 is 27.4. The Balaban J connectivity index is 1.38. The molecule has 0 radical (unpaired) electrons. The lowest BCUT2D eigenvalue weighted by Gasteiger charge is -2.28. The number of fused-ring (bicyclic) bond motifs is 1. The fraction of sp³-hybridized carbons (Fsp3) is 0.222. The number of hydrogen-bond acceptors (Lipinski definition) is 4. The average Bonchev–Trinajstić information content (AvgIpc) is 3.33. The molecule has 2 heterocycles. The van der Waals surface area contributed by atoms with Gasteiger partial charge in [0.05, 0.1) is 12.8 Å². The number of aryl methyl sites for hydroxylation is 1. The quantitative estimate of drug-likeness (QED) is 0.430. The highest BCUT2D eigenvalue weighted by Crippen LogP contribution is 2.32. The van der Waals surface area contributed by atoms with Crippen molar-refractivity contribution in [2.24, 2.45) is 0 Å². The Hall–Kier alpha value is -3.42. The molecule has 0 spiro atoms. The Labute approximate surface area is 200 Å². The van der Waals surface area contributed by atoms with Crippen LogP contribution in [0.5, 0.6) is 0 Å². The largest absolute Gasteiger partial charge is 0.355 e. The molecule has 34 heavy (non-hydrogen) atoms. The molecule has 3 aromatic carbocycles. The molecule has 6 nitrogen and oxygen atoms in total. The highest BCUT2D eigenvalue weighted by molar-refractivity contribution is 7.88. The Morgan fingerprint density at radius 2 is 1.85 bits per heavy atom. The van der Waals surface area contributed by atoms with Gasteiger partial charge in [0.15, 0.2) is 0 Å². The predicted molar refractivity (Wildman–Crippen MR) is 137 cm³/mol. The summed E-state index contributed by atoms with van der Waals surface area (Å²) in [6.45, 7) is 3.81. The van der Waals surface area contributed by atoms with E-state index in [9.17, 15) is 8.42 Å². The maximum absolute atomic E-state index is 12.0. The summed E-state index contributed by atoms with van der Waals surface area (Å²) >= 11 is 0. The molecule has 7 heteroatoms. The molecule has 0 aliphatic carbocycles. The standard InChI is InChI=1S/C27H28N4O2S/c1-20-7-12-24(17-26(20)22-10-8-21(9-11-22)18-30-15-4-14-28-30)29-27-6-3-5-23-19-31(34(2,32)33)16-13-25(23)27/h3-12,14-15,17,29H,13,16,18-19H2,1-2H3. The van der Waals surface area contributed by atoms with E-state index in [2.05, 4.69) is 65.9 Å². The van der Waals surface area contributed by atoms with E-state index in [-0.39, 0.29) is 0 Å². The molecule has 4 aromatic rings. The van der Waals surface area contributed by atoms with E-state index in [1.54, 1.807) is 10.5 Å². The summed E-state index contributed by atoms with van der Waals surface area (Å²) in [5.41, 5.74) is 9.07. The van der Waals surface area contributed by atoms with E-state index in [0.29, 0.717) is 19.5 Å². The minimum Gasteiger partial charge on any atom is -0.355 e. The van der Waals surface area contributed by atoms with Gasteiger partial charge in [-0.3, -0.25) is 4.68 Å². The van der Waals surface area contributed by atoms with Gasteiger partial charge in [0.25, 0.3) is 0 Å².